The zero-order chi connectivity index (χ0) is 10.7. The van der Waals surface area contributed by atoms with Crippen LogP contribution in [0.15, 0.2) is 22.8 Å². The Kier molecular flexibility index (Phi) is 3.44. The normalized spacial score (nSPS) is 25.3. The number of hydrogen-bond acceptors (Lipinski definition) is 3. The molecule has 84 valence electrons. The summed E-state index contributed by atoms with van der Waals surface area (Å²) in [6.07, 6.45) is 4.30. The predicted molar refractivity (Wildman–Crippen MR) is 60.8 cm³/mol. The van der Waals surface area contributed by atoms with Crippen molar-refractivity contribution >= 4 is 0 Å². The molecule has 3 heteroatoms. The van der Waals surface area contributed by atoms with E-state index >= 15 is 0 Å². The average Bonchev–Trinajstić information content (AvgIpc) is 2.70. The van der Waals surface area contributed by atoms with Gasteiger partial charge in [-0.2, -0.15) is 0 Å². The Morgan fingerprint density at radius 1 is 1.60 bits per heavy atom. The number of rotatable bonds is 3. The van der Waals surface area contributed by atoms with Gasteiger partial charge in [0.15, 0.2) is 0 Å². The number of nitrogens with one attached hydrogen (secondary N) is 1. The Balaban J connectivity index is 1.86. The number of nitrogens with zero attached hydrogens (tertiary/aromatic N) is 1. The second kappa shape index (κ2) is 4.81. The van der Waals surface area contributed by atoms with Gasteiger partial charge in [-0.15, -0.1) is 0 Å². The maximum Gasteiger partial charge on any atom is 0.120 e. The number of piperidine rings is 1. The molecule has 2 atom stereocenters. The summed E-state index contributed by atoms with van der Waals surface area (Å²) in [5.74, 6) is 1.03. The maximum absolute atomic E-state index is 5.39. The average molecular weight is 208 g/mol. The summed E-state index contributed by atoms with van der Waals surface area (Å²) in [7, 11) is 2.19. The van der Waals surface area contributed by atoms with Crippen LogP contribution in [0.1, 0.15) is 31.6 Å². The van der Waals surface area contributed by atoms with Crippen LogP contribution in [-0.2, 0) is 0 Å². The van der Waals surface area contributed by atoms with E-state index in [-0.39, 0.29) is 0 Å². The minimum Gasteiger partial charge on any atom is -0.468 e. The third-order valence-electron chi connectivity index (χ3n) is 3.08. The molecule has 2 rings (SSSR count). The molecule has 1 unspecified atom stereocenters. The van der Waals surface area contributed by atoms with Gasteiger partial charge in [-0.1, -0.05) is 0 Å². The van der Waals surface area contributed by atoms with E-state index in [1.165, 1.54) is 19.4 Å². The smallest absolute Gasteiger partial charge is 0.120 e. The van der Waals surface area contributed by atoms with E-state index in [0.29, 0.717) is 12.1 Å². The van der Waals surface area contributed by atoms with Crippen molar-refractivity contribution in [2.45, 2.75) is 31.8 Å². The molecule has 15 heavy (non-hydrogen) atoms. The van der Waals surface area contributed by atoms with Crippen LogP contribution in [0.25, 0.3) is 0 Å². The zero-order valence-electron chi connectivity index (χ0n) is 9.57. The molecular formula is C12H20N2O. The van der Waals surface area contributed by atoms with Gasteiger partial charge in [0, 0.05) is 12.6 Å². The van der Waals surface area contributed by atoms with E-state index < -0.39 is 0 Å². The van der Waals surface area contributed by atoms with E-state index in [0.717, 1.165) is 12.3 Å². The molecule has 0 aliphatic carbocycles. The summed E-state index contributed by atoms with van der Waals surface area (Å²) >= 11 is 0. The number of likely N-dealkylation sites (N-methyl/N-ethyl adjacent to an activating group) is 1. The first-order chi connectivity index (χ1) is 7.25. The van der Waals surface area contributed by atoms with E-state index in [4.69, 9.17) is 4.42 Å². The van der Waals surface area contributed by atoms with Crippen LogP contribution in [0.4, 0.5) is 0 Å². The summed E-state index contributed by atoms with van der Waals surface area (Å²) in [4.78, 5) is 2.38. The highest BCUT2D eigenvalue weighted by atomic mass is 16.3. The molecule has 0 bridgehead atoms. The molecule has 1 aromatic rings. The lowest BCUT2D eigenvalue weighted by Crippen LogP contribution is -2.44. The molecule has 1 aromatic heterocycles. The van der Waals surface area contributed by atoms with Gasteiger partial charge in [-0.05, 0) is 45.5 Å². The first-order valence-corrected chi connectivity index (χ1v) is 5.73. The second-order valence-electron chi connectivity index (χ2n) is 4.51. The Hall–Kier alpha value is -0.800. The van der Waals surface area contributed by atoms with Crippen LogP contribution in [-0.4, -0.2) is 31.1 Å². The molecule has 0 radical (unpaired) electrons. The molecule has 0 spiro atoms. The quantitative estimate of drug-likeness (QED) is 0.824. The van der Waals surface area contributed by atoms with Crippen molar-refractivity contribution in [1.29, 1.82) is 0 Å². The molecule has 0 saturated carbocycles. The summed E-state index contributed by atoms with van der Waals surface area (Å²) in [5, 5.41) is 3.62. The predicted octanol–water partition coefficient (Wildman–Crippen LogP) is 2.02. The lowest BCUT2D eigenvalue weighted by atomic mass is 10.1. The van der Waals surface area contributed by atoms with E-state index in [2.05, 4.69) is 24.2 Å². The van der Waals surface area contributed by atoms with Crippen LogP contribution in [0, 0.1) is 0 Å². The van der Waals surface area contributed by atoms with Gasteiger partial charge in [0.2, 0.25) is 0 Å². The van der Waals surface area contributed by atoms with E-state index in [1.807, 2.05) is 12.1 Å². The van der Waals surface area contributed by atoms with Crippen molar-refractivity contribution in [3.63, 3.8) is 0 Å². The topological polar surface area (TPSA) is 28.4 Å². The second-order valence-corrected chi connectivity index (χ2v) is 4.51. The van der Waals surface area contributed by atoms with Gasteiger partial charge < -0.3 is 14.6 Å². The number of hydrogen-bond donors (Lipinski definition) is 1. The summed E-state index contributed by atoms with van der Waals surface area (Å²) in [6.45, 7) is 4.53. The fourth-order valence-corrected chi connectivity index (χ4v) is 2.28. The zero-order valence-corrected chi connectivity index (χ0v) is 9.57. The lowest BCUT2D eigenvalue weighted by Gasteiger charge is -2.31. The van der Waals surface area contributed by atoms with Gasteiger partial charge in [-0.25, -0.2) is 0 Å². The van der Waals surface area contributed by atoms with Crippen molar-refractivity contribution in [3.8, 4) is 0 Å². The van der Waals surface area contributed by atoms with E-state index in [9.17, 15) is 0 Å². The van der Waals surface area contributed by atoms with Gasteiger partial charge >= 0.3 is 0 Å². The highest BCUT2D eigenvalue weighted by Gasteiger charge is 2.19. The lowest BCUT2D eigenvalue weighted by molar-refractivity contribution is 0.214. The van der Waals surface area contributed by atoms with Crippen molar-refractivity contribution in [1.82, 2.24) is 10.2 Å². The summed E-state index contributed by atoms with van der Waals surface area (Å²) < 4.78 is 5.39. The minimum atomic E-state index is 0.316. The van der Waals surface area contributed by atoms with Gasteiger partial charge in [0.25, 0.3) is 0 Å². The van der Waals surface area contributed by atoms with Crippen LogP contribution in [0.5, 0.6) is 0 Å². The highest BCUT2D eigenvalue weighted by molar-refractivity contribution is 5.03. The standard InChI is InChI=1S/C12H20N2O/c1-10(12-6-4-8-15-12)13-11-5-3-7-14(2)9-11/h4,6,8,10-11,13H,3,5,7,9H2,1-2H3/t10-,11?/m0/s1. The Morgan fingerprint density at radius 3 is 3.13 bits per heavy atom. The fraction of sp³-hybridized carbons (Fsp3) is 0.667. The van der Waals surface area contributed by atoms with Crippen LogP contribution >= 0.6 is 0 Å². The largest absolute Gasteiger partial charge is 0.468 e. The molecular weight excluding hydrogens is 188 g/mol. The van der Waals surface area contributed by atoms with Gasteiger partial charge in [0.1, 0.15) is 5.76 Å². The molecule has 0 aromatic carbocycles. The Bertz CT molecular complexity index is 284. The summed E-state index contributed by atoms with van der Waals surface area (Å²) in [5.41, 5.74) is 0. The monoisotopic (exact) mass is 208 g/mol. The van der Waals surface area contributed by atoms with Crippen LogP contribution in [0.2, 0.25) is 0 Å². The molecule has 2 heterocycles. The molecule has 1 aliphatic rings. The Morgan fingerprint density at radius 2 is 2.47 bits per heavy atom. The fourth-order valence-electron chi connectivity index (χ4n) is 2.28. The first-order valence-electron chi connectivity index (χ1n) is 5.73. The first kappa shape index (κ1) is 10.7. The molecule has 1 saturated heterocycles. The molecule has 0 amide bonds. The SMILES string of the molecule is C[C@H](NC1CCCN(C)C1)c1ccco1. The van der Waals surface area contributed by atoms with Gasteiger partial charge in [-0.3, -0.25) is 0 Å². The van der Waals surface area contributed by atoms with Crippen molar-refractivity contribution < 1.29 is 4.42 Å². The Labute approximate surface area is 91.4 Å². The van der Waals surface area contributed by atoms with E-state index in [1.54, 1.807) is 6.26 Å². The minimum absolute atomic E-state index is 0.316. The van der Waals surface area contributed by atoms with Crippen molar-refractivity contribution in [3.05, 3.63) is 24.2 Å². The van der Waals surface area contributed by atoms with Crippen LogP contribution < -0.4 is 5.32 Å². The third-order valence-corrected chi connectivity index (χ3v) is 3.08. The highest BCUT2D eigenvalue weighted by Crippen LogP contribution is 2.16. The van der Waals surface area contributed by atoms with Crippen LogP contribution in [0.3, 0.4) is 0 Å². The molecule has 1 N–H and O–H groups in total. The molecule has 1 fully saturated rings. The molecule has 1 aliphatic heterocycles. The number of furan rings is 1. The maximum atomic E-state index is 5.39. The number of likely N-dealkylation sites (tertiary alicyclic amines) is 1. The molecule has 3 nitrogen and oxygen atoms in total. The summed E-state index contributed by atoms with van der Waals surface area (Å²) in [6, 6.07) is 4.89. The van der Waals surface area contributed by atoms with Crippen molar-refractivity contribution in [2.75, 3.05) is 20.1 Å². The van der Waals surface area contributed by atoms with Crippen molar-refractivity contribution in [2.24, 2.45) is 0 Å². The van der Waals surface area contributed by atoms with Gasteiger partial charge in [0.05, 0.1) is 12.3 Å². The third kappa shape index (κ3) is 2.83.